The van der Waals surface area contributed by atoms with Crippen molar-refractivity contribution >= 4 is 0 Å². The first kappa shape index (κ1) is 18.4. The molecule has 1 aromatic heterocycles. The van der Waals surface area contributed by atoms with Gasteiger partial charge < -0.3 is 19.3 Å². The van der Waals surface area contributed by atoms with Gasteiger partial charge in [0, 0.05) is 44.5 Å². The van der Waals surface area contributed by atoms with Crippen molar-refractivity contribution in [3.05, 3.63) is 17.5 Å². The molecular formula is C20H33N3O3. The molecule has 6 nitrogen and oxygen atoms in total. The van der Waals surface area contributed by atoms with Crippen molar-refractivity contribution in [2.45, 2.75) is 58.2 Å². The second-order valence-corrected chi connectivity index (χ2v) is 8.74. The average molecular weight is 364 g/mol. The molecule has 146 valence electrons. The predicted molar refractivity (Wildman–Crippen MR) is 99.0 cm³/mol. The van der Waals surface area contributed by atoms with Gasteiger partial charge in [-0.3, -0.25) is 4.90 Å². The largest absolute Gasteiger partial charge is 0.381 e. The fourth-order valence-corrected chi connectivity index (χ4v) is 4.55. The zero-order valence-corrected chi connectivity index (χ0v) is 16.2. The predicted octanol–water partition coefficient (Wildman–Crippen LogP) is 2.23. The number of morpholine rings is 1. The number of nitrogens with zero attached hydrogens (tertiary/aromatic N) is 2. The minimum Gasteiger partial charge on any atom is -0.381 e. The molecule has 0 spiro atoms. The Morgan fingerprint density at radius 3 is 2.62 bits per heavy atom. The number of aromatic nitrogens is 1. The highest BCUT2D eigenvalue weighted by molar-refractivity contribution is 5.11. The van der Waals surface area contributed by atoms with Gasteiger partial charge in [-0.2, -0.15) is 0 Å². The summed E-state index contributed by atoms with van der Waals surface area (Å²) >= 11 is 0. The van der Waals surface area contributed by atoms with E-state index in [4.69, 9.17) is 14.0 Å². The number of nitrogens with one attached hydrogen (secondary N) is 1. The normalized spacial score (nSPS) is 30.2. The molecule has 1 saturated carbocycles. The first-order chi connectivity index (χ1) is 12.6. The lowest BCUT2D eigenvalue weighted by Gasteiger charge is -2.54. The molecule has 1 aromatic rings. The van der Waals surface area contributed by atoms with Crippen LogP contribution in [0.1, 0.15) is 44.6 Å². The highest BCUT2D eigenvalue weighted by Crippen LogP contribution is 2.48. The van der Waals surface area contributed by atoms with Crippen LogP contribution < -0.4 is 5.32 Å². The molecule has 2 aliphatic heterocycles. The molecule has 26 heavy (non-hydrogen) atoms. The monoisotopic (exact) mass is 363 g/mol. The topological polar surface area (TPSA) is 59.8 Å². The number of ether oxygens (including phenoxy) is 2. The Labute approximate surface area is 156 Å². The molecule has 2 atom stereocenters. The molecule has 4 rings (SSSR count). The minimum absolute atomic E-state index is 0.307. The first-order valence-electron chi connectivity index (χ1n) is 10.2. The van der Waals surface area contributed by atoms with Gasteiger partial charge in [-0.1, -0.05) is 19.0 Å². The summed E-state index contributed by atoms with van der Waals surface area (Å²) in [4.78, 5) is 2.37. The summed E-state index contributed by atoms with van der Waals surface area (Å²) in [5.41, 5.74) is 1.41. The summed E-state index contributed by atoms with van der Waals surface area (Å²) in [7, 11) is 0. The Balaban J connectivity index is 1.26. The minimum atomic E-state index is 0.307. The Kier molecular flexibility index (Phi) is 5.64. The summed E-state index contributed by atoms with van der Waals surface area (Å²) in [6, 6.07) is 3.39. The van der Waals surface area contributed by atoms with Crippen molar-refractivity contribution in [1.82, 2.24) is 15.4 Å². The fraction of sp³-hybridized carbons (Fsp3) is 0.850. The van der Waals surface area contributed by atoms with Crippen LogP contribution in [0, 0.1) is 11.3 Å². The van der Waals surface area contributed by atoms with Crippen LogP contribution >= 0.6 is 0 Å². The van der Waals surface area contributed by atoms with E-state index in [0.717, 1.165) is 76.8 Å². The van der Waals surface area contributed by atoms with Gasteiger partial charge in [0.1, 0.15) is 0 Å². The van der Waals surface area contributed by atoms with Crippen molar-refractivity contribution in [3.63, 3.8) is 0 Å². The van der Waals surface area contributed by atoms with Crippen LogP contribution in [0.25, 0.3) is 0 Å². The van der Waals surface area contributed by atoms with Crippen molar-refractivity contribution < 1.29 is 14.0 Å². The van der Waals surface area contributed by atoms with Crippen LogP contribution in [0.4, 0.5) is 0 Å². The molecule has 2 saturated heterocycles. The molecular weight excluding hydrogens is 330 g/mol. The maximum Gasteiger partial charge on any atom is 0.150 e. The molecule has 0 bridgehead atoms. The van der Waals surface area contributed by atoms with Crippen molar-refractivity contribution in [2.75, 3.05) is 39.5 Å². The van der Waals surface area contributed by atoms with Gasteiger partial charge in [0.25, 0.3) is 0 Å². The second-order valence-electron chi connectivity index (χ2n) is 8.74. The summed E-state index contributed by atoms with van der Waals surface area (Å²) in [5.74, 6) is 1.65. The fourth-order valence-electron chi connectivity index (χ4n) is 4.55. The maximum atomic E-state index is 5.59. The Morgan fingerprint density at radius 2 is 1.88 bits per heavy atom. The maximum absolute atomic E-state index is 5.59. The van der Waals surface area contributed by atoms with E-state index in [1.54, 1.807) is 0 Å². The van der Waals surface area contributed by atoms with Crippen LogP contribution in [0.5, 0.6) is 0 Å². The second kappa shape index (κ2) is 7.97. The van der Waals surface area contributed by atoms with E-state index in [-0.39, 0.29) is 0 Å². The molecule has 6 heteroatoms. The molecule has 3 fully saturated rings. The number of hydrogen-bond donors (Lipinski definition) is 1. The van der Waals surface area contributed by atoms with Gasteiger partial charge in [-0.15, -0.1) is 0 Å². The Morgan fingerprint density at radius 1 is 1.15 bits per heavy atom. The van der Waals surface area contributed by atoms with Crippen molar-refractivity contribution in [2.24, 2.45) is 11.3 Å². The van der Waals surface area contributed by atoms with E-state index >= 15 is 0 Å². The zero-order chi connectivity index (χ0) is 18.0. The third-order valence-corrected chi connectivity index (χ3v) is 6.68. The van der Waals surface area contributed by atoms with Gasteiger partial charge in [0.2, 0.25) is 0 Å². The van der Waals surface area contributed by atoms with Crippen LogP contribution in [-0.2, 0) is 22.4 Å². The summed E-state index contributed by atoms with van der Waals surface area (Å²) in [6.07, 6.45) is 4.54. The van der Waals surface area contributed by atoms with Gasteiger partial charge >= 0.3 is 0 Å². The molecule has 0 amide bonds. The third kappa shape index (κ3) is 4.14. The van der Waals surface area contributed by atoms with Gasteiger partial charge in [0.05, 0.1) is 25.5 Å². The lowest BCUT2D eigenvalue weighted by molar-refractivity contribution is -0.00758. The highest BCUT2D eigenvalue weighted by atomic mass is 16.5. The summed E-state index contributed by atoms with van der Waals surface area (Å²) < 4.78 is 16.5. The Hall–Kier alpha value is -0.950. The molecule has 0 aromatic carbocycles. The van der Waals surface area contributed by atoms with E-state index in [0.29, 0.717) is 23.4 Å². The Bertz CT molecular complexity index is 577. The van der Waals surface area contributed by atoms with Crippen molar-refractivity contribution in [1.29, 1.82) is 0 Å². The number of hydrogen-bond acceptors (Lipinski definition) is 6. The van der Waals surface area contributed by atoms with E-state index in [1.807, 2.05) is 0 Å². The molecule has 1 aliphatic carbocycles. The average Bonchev–Trinajstić information content (AvgIpc) is 3.10. The van der Waals surface area contributed by atoms with Crippen LogP contribution in [0.3, 0.4) is 0 Å². The molecule has 2 unspecified atom stereocenters. The highest BCUT2D eigenvalue weighted by Gasteiger charge is 2.48. The van der Waals surface area contributed by atoms with E-state index < -0.39 is 0 Å². The standard InChI is InChI=1S/C20H33N3O3/c1-20(2)15(12-19(20)21-16-3-7-24-8-4-16)11-17-13-18(26-22-17)14-23-5-9-25-10-6-23/h13,15-16,19,21H,3-12,14H2,1-2H3. The third-order valence-electron chi connectivity index (χ3n) is 6.68. The van der Waals surface area contributed by atoms with Crippen molar-refractivity contribution in [3.8, 4) is 0 Å². The van der Waals surface area contributed by atoms with Crippen LogP contribution in [0.2, 0.25) is 0 Å². The van der Waals surface area contributed by atoms with Crippen LogP contribution in [0.15, 0.2) is 10.6 Å². The van der Waals surface area contributed by atoms with E-state index in [1.165, 1.54) is 6.42 Å². The van der Waals surface area contributed by atoms with E-state index in [2.05, 4.69) is 35.3 Å². The lowest BCUT2D eigenvalue weighted by Crippen LogP contribution is -2.60. The molecule has 1 N–H and O–H groups in total. The SMILES string of the molecule is CC1(C)C(Cc2cc(CN3CCOCC3)on2)CC1NC1CCOCC1. The summed E-state index contributed by atoms with van der Waals surface area (Å²) in [6.45, 7) is 11.0. The van der Waals surface area contributed by atoms with Gasteiger partial charge in [-0.25, -0.2) is 0 Å². The zero-order valence-electron chi connectivity index (χ0n) is 16.2. The van der Waals surface area contributed by atoms with Crippen LogP contribution in [-0.4, -0.2) is 61.7 Å². The summed E-state index contributed by atoms with van der Waals surface area (Å²) in [5, 5.41) is 8.22. The molecule has 0 radical (unpaired) electrons. The first-order valence-corrected chi connectivity index (χ1v) is 10.2. The molecule has 3 aliphatic rings. The number of rotatable bonds is 6. The smallest absolute Gasteiger partial charge is 0.150 e. The molecule has 3 heterocycles. The lowest BCUT2D eigenvalue weighted by atomic mass is 9.57. The quantitative estimate of drug-likeness (QED) is 0.836. The van der Waals surface area contributed by atoms with Gasteiger partial charge in [0.15, 0.2) is 5.76 Å². The van der Waals surface area contributed by atoms with Gasteiger partial charge in [-0.05, 0) is 37.0 Å². The van der Waals surface area contributed by atoms with E-state index in [9.17, 15) is 0 Å².